The van der Waals surface area contributed by atoms with Crippen molar-refractivity contribution in [3.05, 3.63) is 90.5 Å². The summed E-state index contributed by atoms with van der Waals surface area (Å²) >= 11 is 0. The molecule has 0 saturated carbocycles. The molecule has 0 heterocycles. The van der Waals surface area contributed by atoms with Crippen LogP contribution in [0.15, 0.2) is 89.8 Å². The van der Waals surface area contributed by atoms with Crippen LogP contribution in [0, 0.1) is 0 Å². The Balaban J connectivity index is 2.07. The summed E-state index contributed by atoms with van der Waals surface area (Å²) in [4.78, 5) is 28.3. The van der Waals surface area contributed by atoms with Crippen molar-refractivity contribution in [2.24, 2.45) is 0 Å². The predicted octanol–water partition coefficient (Wildman–Crippen LogP) is 3.83. The molecular weight excluding hydrogens is 490 g/mol. The summed E-state index contributed by atoms with van der Waals surface area (Å²) in [6.07, 6.45) is 0.366. The molecule has 3 aromatic carbocycles. The zero-order valence-corrected chi connectivity index (χ0v) is 22.1. The van der Waals surface area contributed by atoms with Gasteiger partial charge < -0.3 is 15.0 Å². The first-order chi connectivity index (χ1) is 17.8. The number of hydrogen-bond acceptors (Lipinski definition) is 5. The molecule has 0 aliphatic rings. The standard InChI is InChI=1S/C28H33N3O5S/c1-4-24(28(33)29-5-2)30(20-22-14-8-6-9-15-22)27(32)21-31(25-18-12-13-19-26(25)36-3)37(34,35)23-16-10-7-11-17-23/h6-19,24H,4-5,20-21H2,1-3H3,(H,29,33)/t24-/m0/s1. The predicted molar refractivity (Wildman–Crippen MR) is 144 cm³/mol. The number of anilines is 1. The summed E-state index contributed by atoms with van der Waals surface area (Å²) in [6.45, 7) is 3.69. The van der Waals surface area contributed by atoms with Gasteiger partial charge in [0.2, 0.25) is 11.8 Å². The normalized spacial score (nSPS) is 11.9. The molecule has 0 aliphatic carbocycles. The number of benzene rings is 3. The summed E-state index contributed by atoms with van der Waals surface area (Å²) in [5.41, 5.74) is 1.06. The molecule has 0 fully saturated rings. The van der Waals surface area contributed by atoms with E-state index in [2.05, 4.69) is 5.32 Å². The fourth-order valence-corrected chi connectivity index (χ4v) is 5.51. The molecule has 37 heavy (non-hydrogen) atoms. The number of hydrogen-bond donors (Lipinski definition) is 1. The number of sulfonamides is 1. The third-order valence-electron chi connectivity index (χ3n) is 5.90. The van der Waals surface area contributed by atoms with Gasteiger partial charge >= 0.3 is 0 Å². The number of ether oxygens (including phenoxy) is 1. The van der Waals surface area contributed by atoms with Gasteiger partial charge in [-0.3, -0.25) is 13.9 Å². The van der Waals surface area contributed by atoms with E-state index in [9.17, 15) is 18.0 Å². The van der Waals surface area contributed by atoms with E-state index < -0.39 is 28.5 Å². The summed E-state index contributed by atoms with van der Waals surface area (Å²) < 4.78 is 34.1. The van der Waals surface area contributed by atoms with Gasteiger partial charge in [-0.1, -0.05) is 67.6 Å². The zero-order chi connectivity index (χ0) is 26.8. The number of amides is 2. The Kier molecular flexibility index (Phi) is 9.68. The van der Waals surface area contributed by atoms with Crippen molar-refractivity contribution < 1.29 is 22.7 Å². The fraction of sp³-hybridized carbons (Fsp3) is 0.286. The van der Waals surface area contributed by atoms with Crippen LogP contribution in [0.4, 0.5) is 5.69 Å². The molecule has 0 aliphatic heterocycles. The minimum atomic E-state index is -4.15. The molecule has 0 aromatic heterocycles. The summed E-state index contributed by atoms with van der Waals surface area (Å²) in [7, 11) is -2.70. The van der Waals surface area contributed by atoms with Crippen LogP contribution in [0.5, 0.6) is 5.75 Å². The van der Waals surface area contributed by atoms with E-state index in [1.54, 1.807) is 42.5 Å². The lowest BCUT2D eigenvalue weighted by molar-refractivity contribution is -0.140. The second-order valence-corrected chi connectivity index (χ2v) is 10.2. The van der Waals surface area contributed by atoms with Crippen molar-refractivity contribution in [2.75, 3.05) is 24.5 Å². The molecule has 0 unspecified atom stereocenters. The third kappa shape index (κ3) is 6.68. The van der Waals surface area contributed by atoms with Crippen LogP contribution in [0.25, 0.3) is 0 Å². The van der Waals surface area contributed by atoms with Gasteiger partial charge in [-0.25, -0.2) is 8.42 Å². The minimum absolute atomic E-state index is 0.0408. The quantitative estimate of drug-likeness (QED) is 0.389. The van der Waals surface area contributed by atoms with Crippen LogP contribution in [0.1, 0.15) is 25.8 Å². The number of likely N-dealkylation sites (N-methyl/N-ethyl adjacent to an activating group) is 1. The first kappa shape index (κ1) is 27.7. The SMILES string of the molecule is CCNC(=O)[C@H](CC)N(Cc1ccccc1)C(=O)CN(c1ccccc1OC)S(=O)(=O)c1ccccc1. The lowest BCUT2D eigenvalue weighted by Crippen LogP contribution is -2.52. The summed E-state index contributed by atoms with van der Waals surface area (Å²) in [6, 6.07) is 23.1. The zero-order valence-electron chi connectivity index (χ0n) is 21.3. The Hall–Kier alpha value is -3.85. The van der Waals surface area contributed by atoms with Crippen LogP contribution in [0.3, 0.4) is 0 Å². The molecule has 0 spiro atoms. The van der Waals surface area contributed by atoms with Crippen molar-refractivity contribution in [3.63, 3.8) is 0 Å². The number of methoxy groups -OCH3 is 1. The molecule has 9 heteroatoms. The van der Waals surface area contributed by atoms with E-state index in [0.29, 0.717) is 18.7 Å². The van der Waals surface area contributed by atoms with Gasteiger partial charge in [0.05, 0.1) is 17.7 Å². The average Bonchev–Trinajstić information content (AvgIpc) is 2.92. The molecule has 0 bridgehead atoms. The number of nitrogens with one attached hydrogen (secondary N) is 1. The monoisotopic (exact) mass is 523 g/mol. The molecule has 2 amide bonds. The topological polar surface area (TPSA) is 96.0 Å². The van der Waals surface area contributed by atoms with Crippen LogP contribution in [-0.2, 0) is 26.2 Å². The van der Waals surface area contributed by atoms with E-state index in [1.807, 2.05) is 44.2 Å². The van der Waals surface area contributed by atoms with Gasteiger partial charge in [0.25, 0.3) is 10.0 Å². The number of carbonyl (C=O) groups excluding carboxylic acids is 2. The second-order valence-electron chi connectivity index (χ2n) is 8.32. The Morgan fingerprint density at radius 2 is 1.49 bits per heavy atom. The maximum absolute atomic E-state index is 13.9. The first-order valence-corrected chi connectivity index (χ1v) is 13.6. The lowest BCUT2D eigenvalue weighted by atomic mass is 10.1. The maximum atomic E-state index is 13.9. The molecule has 0 saturated heterocycles. The Bertz CT molecular complexity index is 1280. The fourth-order valence-electron chi connectivity index (χ4n) is 4.06. The average molecular weight is 524 g/mol. The molecule has 3 aromatic rings. The van der Waals surface area contributed by atoms with E-state index in [4.69, 9.17) is 4.74 Å². The Labute approximate surface area is 218 Å². The second kappa shape index (κ2) is 12.9. The van der Waals surface area contributed by atoms with Crippen molar-refractivity contribution in [1.29, 1.82) is 0 Å². The highest BCUT2D eigenvalue weighted by Crippen LogP contribution is 2.32. The van der Waals surface area contributed by atoms with Crippen molar-refractivity contribution in [3.8, 4) is 5.75 Å². The number of carbonyl (C=O) groups is 2. The van der Waals surface area contributed by atoms with Crippen LogP contribution in [0.2, 0.25) is 0 Å². The van der Waals surface area contributed by atoms with Gasteiger partial charge in [-0.15, -0.1) is 0 Å². The van der Waals surface area contributed by atoms with Crippen LogP contribution < -0.4 is 14.4 Å². The van der Waals surface area contributed by atoms with Crippen LogP contribution in [-0.4, -0.2) is 51.4 Å². The minimum Gasteiger partial charge on any atom is -0.495 e. The Morgan fingerprint density at radius 3 is 2.08 bits per heavy atom. The van der Waals surface area contributed by atoms with Gasteiger partial charge in [0.1, 0.15) is 18.3 Å². The molecule has 196 valence electrons. The number of nitrogens with zero attached hydrogens (tertiary/aromatic N) is 2. The summed E-state index contributed by atoms with van der Waals surface area (Å²) in [5.74, 6) is -0.489. The Morgan fingerprint density at radius 1 is 0.892 bits per heavy atom. The molecule has 1 N–H and O–H groups in total. The van der Waals surface area contributed by atoms with Gasteiger partial charge in [-0.05, 0) is 43.2 Å². The molecule has 3 rings (SSSR count). The van der Waals surface area contributed by atoms with Gasteiger partial charge in [-0.2, -0.15) is 0 Å². The smallest absolute Gasteiger partial charge is 0.264 e. The first-order valence-electron chi connectivity index (χ1n) is 12.1. The van der Waals surface area contributed by atoms with Crippen LogP contribution >= 0.6 is 0 Å². The van der Waals surface area contributed by atoms with Crippen molar-refractivity contribution in [1.82, 2.24) is 10.2 Å². The molecule has 1 atom stereocenters. The number of rotatable bonds is 12. The molecule has 8 nitrogen and oxygen atoms in total. The van der Waals surface area contributed by atoms with E-state index in [1.165, 1.54) is 24.1 Å². The lowest BCUT2D eigenvalue weighted by Gasteiger charge is -2.33. The highest BCUT2D eigenvalue weighted by molar-refractivity contribution is 7.92. The van der Waals surface area contributed by atoms with Crippen molar-refractivity contribution in [2.45, 2.75) is 37.8 Å². The largest absolute Gasteiger partial charge is 0.495 e. The van der Waals surface area contributed by atoms with Crippen molar-refractivity contribution >= 4 is 27.5 Å². The van der Waals surface area contributed by atoms with Gasteiger partial charge in [0, 0.05) is 13.1 Å². The highest BCUT2D eigenvalue weighted by Gasteiger charge is 2.34. The van der Waals surface area contributed by atoms with E-state index >= 15 is 0 Å². The maximum Gasteiger partial charge on any atom is 0.264 e. The summed E-state index contributed by atoms with van der Waals surface area (Å²) in [5, 5.41) is 2.79. The van der Waals surface area contributed by atoms with Gasteiger partial charge in [0.15, 0.2) is 0 Å². The highest BCUT2D eigenvalue weighted by atomic mass is 32.2. The molecular formula is C28H33N3O5S. The third-order valence-corrected chi connectivity index (χ3v) is 7.67. The number of para-hydroxylation sites is 2. The molecule has 0 radical (unpaired) electrons. The van der Waals surface area contributed by atoms with E-state index in [0.717, 1.165) is 9.87 Å². The van der Waals surface area contributed by atoms with E-state index in [-0.39, 0.29) is 23.0 Å².